The van der Waals surface area contributed by atoms with Crippen LogP contribution >= 0.6 is 34.0 Å². The van der Waals surface area contributed by atoms with Gasteiger partial charge in [-0.2, -0.15) is 0 Å². The quantitative estimate of drug-likeness (QED) is 0.845. The number of hydrogen-bond acceptors (Lipinski definition) is 5. The molecule has 0 aliphatic heterocycles. The normalized spacial score (nSPS) is 8.73. The van der Waals surface area contributed by atoms with Gasteiger partial charge < -0.3 is 14.9 Å². The summed E-state index contributed by atoms with van der Waals surface area (Å²) < 4.78 is 9.86. The Morgan fingerprint density at radius 3 is 2.60 bits per heavy atom. The highest BCUT2D eigenvalue weighted by Gasteiger charge is 2.18. The van der Waals surface area contributed by atoms with Crippen LogP contribution in [0.3, 0.4) is 0 Å². The zero-order chi connectivity index (χ0) is 9.84. The Hall–Kier alpha value is -0.400. The van der Waals surface area contributed by atoms with Gasteiger partial charge in [0.15, 0.2) is 17.3 Å². The zero-order valence-electron chi connectivity index (χ0n) is 8.48. The van der Waals surface area contributed by atoms with Crippen LogP contribution in [0, 0.1) is 6.92 Å². The Morgan fingerprint density at radius 2 is 2.13 bits per heavy atom. The molecule has 1 heterocycles. The average molecular weight is 346 g/mol. The molecule has 88 valence electrons. The molecule has 5 nitrogen and oxygen atoms in total. The third kappa shape index (κ3) is 4.31. The van der Waals surface area contributed by atoms with E-state index in [1.54, 1.807) is 13.8 Å². The fourth-order valence-corrected chi connectivity index (χ4v) is 0.967. The van der Waals surface area contributed by atoms with Crippen LogP contribution in [0.1, 0.15) is 29.1 Å². The summed E-state index contributed by atoms with van der Waals surface area (Å²) >= 11 is 0. The second-order valence-corrected chi connectivity index (χ2v) is 2.43. The summed E-state index contributed by atoms with van der Waals surface area (Å²) in [7, 11) is 0. The van der Waals surface area contributed by atoms with E-state index < -0.39 is 5.97 Å². The number of carbonyl (C=O) groups is 1. The van der Waals surface area contributed by atoms with Crippen LogP contribution in [0.2, 0.25) is 0 Å². The Morgan fingerprint density at radius 1 is 1.53 bits per heavy atom. The number of nitrogens with two attached hydrogens (primary N) is 1. The Labute approximate surface area is 109 Å². The van der Waals surface area contributed by atoms with Crippen molar-refractivity contribution < 1.29 is 13.9 Å². The number of ether oxygens (including phenoxy) is 1. The number of halogens is 2. The van der Waals surface area contributed by atoms with Crippen molar-refractivity contribution in [3.8, 4) is 0 Å². The predicted octanol–water partition coefficient (Wildman–Crippen LogP) is 1.77. The van der Waals surface area contributed by atoms with Gasteiger partial charge in [0.1, 0.15) is 0 Å². The average Bonchev–Trinajstić information content (AvgIpc) is 2.47. The van der Waals surface area contributed by atoms with Gasteiger partial charge in [-0.15, -0.1) is 34.0 Å². The van der Waals surface area contributed by atoms with Gasteiger partial charge in [0, 0.05) is 6.92 Å². The second kappa shape index (κ2) is 7.84. The fourth-order valence-electron chi connectivity index (χ4n) is 0.967. The van der Waals surface area contributed by atoms with Crippen molar-refractivity contribution in [1.82, 2.24) is 4.98 Å². The molecule has 0 radical (unpaired) electrons. The van der Waals surface area contributed by atoms with Gasteiger partial charge in [-0.1, -0.05) is 0 Å². The van der Waals surface area contributed by atoms with E-state index in [0.29, 0.717) is 18.3 Å². The van der Waals surface area contributed by atoms with Gasteiger partial charge in [0.05, 0.1) is 13.2 Å². The first-order chi connectivity index (χ1) is 6.19. The maximum atomic E-state index is 11.2. The maximum Gasteiger partial charge on any atom is 0.360 e. The topological polar surface area (TPSA) is 78.3 Å². The molecule has 15 heavy (non-hydrogen) atoms. The van der Waals surface area contributed by atoms with Gasteiger partial charge >= 0.3 is 5.97 Å². The molecule has 0 amide bonds. The van der Waals surface area contributed by atoms with E-state index in [-0.39, 0.29) is 46.2 Å². The number of nitrogens with zero attached hydrogens (tertiary/aromatic N) is 1. The van der Waals surface area contributed by atoms with Crippen LogP contribution in [0.4, 0.5) is 0 Å². The molecule has 0 spiro atoms. The highest BCUT2D eigenvalue weighted by atomic mass is 79.9. The van der Waals surface area contributed by atoms with Crippen molar-refractivity contribution in [3.63, 3.8) is 0 Å². The first-order valence-electron chi connectivity index (χ1n) is 4.02. The molecular weight excluding hydrogens is 332 g/mol. The van der Waals surface area contributed by atoms with Gasteiger partial charge in [0.2, 0.25) is 0 Å². The minimum absolute atomic E-state index is 0. The molecular formula is C8H14Br2N2O3. The van der Waals surface area contributed by atoms with Crippen LogP contribution in [0.5, 0.6) is 0 Å². The molecule has 0 aliphatic rings. The van der Waals surface area contributed by atoms with Gasteiger partial charge in [-0.3, -0.25) is 0 Å². The third-order valence-electron chi connectivity index (χ3n) is 1.46. The highest BCUT2D eigenvalue weighted by Crippen LogP contribution is 2.10. The van der Waals surface area contributed by atoms with E-state index in [9.17, 15) is 4.79 Å². The number of rotatable bonds is 3. The molecule has 0 unspecified atom stereocenters. The third-order valence-corrected chi connectivity index (χ3v) is 1.46. The number of oxazole rings is 1. The van der Waals surface area contributed by atoms with Crippen LogP contribution in [0.15, 0.2) is 4.42 Å². The number of carbonyl (C=O) groups excluding carboxylic acids is 1. The molecule has 0 fully saturated rings. The van der Waals surface area contributed by atoms with Crippen molar-refractivity contribution in [1.29, 1.82) is 0 Å². The molecule has 0 aliphatic carbocycles. The number of esters is 1. The summed E-state index contributed by atoms with van der Waals surface area (Å²) in [6, 6.07) is 0. The number of aromatic nitrogens is 1. The summed E-state index contributed by atoms with van der Waals surface area (Å²) in [6.45, 7) is 3.85. The Balaban J connectivity index is 0. The summed E-state index contributed by atoms with van der Waals surface area (Å²) in [4.78, 5) is 15.1. The first kappa shape index (κ1) is 17.0. The predicted molar refractivity (Wildman–Crippen MR) is 65.7 cm³/mol. The second-order valence-electron chi connectivity index (χ2n) is 2.43. The largest absolute Gasteiger partial charge is 0.461 e. The van der Waals surface area contributed by atoms with E-state index in [4.69, 9.17) is 14.9 Å². The molecule has 0 aromatic carbocycles. The standard InChI is InChI=1S/C8H12N2O3.2BrH/c1-3-12-8(11)7-6(4-9)13-5(2)10-7;;/h3-4,9H2,1-2H3;2*1H. The maximum absolute atomic E-state index is 11.2. The van der Waals surface area contributed by atoms with Crippen molar-refractivity contribution in [2.75, 3.05) is 6.61 Å². The van der Waals surface area contributed by atoms with Crippen molar-refractivity contribution in [2.45, 2.75) is 20.4 Å². The minimum atomic E-state index is -0.486. The summed E-state index contributed by atoms with van der Waals surface area (Å²) in [5.74, 6) is 0.305. The van der Waals surface area contributed by atoms with Crippen LogP contribution in [-0.4, -0.2) is 17.6 Å². The van der Waals surface area contributed by atoms with Gasteiger partial charge in [-0.25, -0.2) is 9.78 Å². The summed E-state index contributed by atoms with van der Waals surface area (Å²) in [6.07, 6.45) is 0. The van der Waals surface area contributed by atoms with Crippen LogP contribution in [0.25, 0.3) is 0 Å². The molecule has 0 saturated carbocycles. The molecule has 1 aromatic rings. The van der Waals surface area contributed by atoms with Gasteiger partial charge in [-0.05, 0) is 6.92 Å². The monoisotopic (exact) mass is 344 g/mol. The van der Waals surface area contributed by atoms with E-state index >= 15 is 0 Å². The van der Waals surface area contributed by atoms with E-state index in [1.807, 2.05) is 0 Å². The molecule has 2 N–H and O–H groups in total. The molecule has 0 saturated heterocycles. The van der Waals surface area contributed by atoms with Crippen molar-refractivity contribution in [2.24, 2.45) is 5.73 Å². The van der Waals surface area contributed by atoms with Gasteiger partial charge in [0.25, 0.3) is 0 Å². The lowest BCUT2D eigenvalue weighted by atomic mass is 10.3. The van der Waals surface area contributed by atoms with Crippen molar-refractivity contribution in [3.05, 3.63) is 17.3 Å². The Bertz CT molecular complexity index is 315. The highest BCUT2D eigenvalue weighted by molar-refractivity contribution is 8.93. The van der Waals surface area contributed by atoms with E-state index in [0.717, 1.165) is 0 Å². The number of hydrogen-bond donors (Lipinski definition) is 1. The molecule has 0 bridgehead atoms. The van der Waals surface area contributed by atoms with Crippen LogP contribution < -0.4 is 5.73 Å². The molecule has 1 rings (SSSR count). The number of aryl methyl sites for hydroxylation is 1. The smallest absolute Gasteiger partial charge is 0.360 e. The molecule has 0 atom stereocenters. The van der Waals surface area contributed by atoms with Crippen molar-refractivity contribution >= 4 is 39.9 Å². The summed E-state index contributed by atoms with van der Waals surface area (Å²) in [5.41, 5.74) is 5.54. The summed E-state index contributed by atoms with van der Waals surface area (Å²) in [5, 5.41) is 0. The molecule has 7 heteroatoms. The van der Waals surface area contributed by atoms with E-state index in [2.05, 4.69) is 4.98 Å². The van der Waals surface area contributed by atoms with E-state index in [1.165, 1.54) is 0 Å². The minimum Gasteiger partial charge on any atom is -0.461 e. The SMILES string of the molecule is Br.Br.CCOC(=O)c1nc(C)oc1CN. The first-order valence-corrected chi connectivity index (χ1v) is 4.02. The lowest BCUT2D eigenvalue weighted by Gasteiger charge is -1.97. The lowest BCUT2D eigenvalue weighted by molar-refractivity contribution is 0.0517. The lowest BCUT2D eigenvalue weighted by Crippen LogP contribution is -2.09. The Kier molecular flexibility index (Phi) is 8.89. The molecule has 1 aromatic heterocycles. The fraction of sp³-hybridized carbons (Fsp3) is 0.500. The zero-order valence-corrected chi connectivity index (χ0v) is 11.9. The van der Waals surface area contributed by atoms with Crippen LogP contribution in [-0.2, 0) is 11.3 Å².